The molecule has 1 aromatic heterocycles. The number of alkyl halides is 1. The normalized spacial score (nSPS) is 14.7. The highest BCUT2D eigenvalue weighted by molar-refractivity contribution is 7.07. The molecule has 94 valence electrons. The SMILES string of the molecule is ClCc1ccccc1N(Cc1ccsc1)C1CC1. The maximum absolute atomic E-state index is 6.06. The molecule has 1 aliphatic carbocycles. The van der Waals surface area contributed by atoms with Crippen LogP contribution in [-0.4, -0.2) is 6.04 Å². The van der Waals surface area contributed by atoms with Crippen LogP contribution in [0.4, 0.5) is 5.69 Å². The second kappa shape index (κ2) is 5.33. The van der Waals surface area contributed by atoms with E-state index in [2.05, 4.69) is 46.0 Å². The molecule has 1 fully saturated rings. The molecule has 0 amide bonds. The number of anilines is 1. The van der Waals surface area contributed by atoms with Gasteiger partial charge in [-0.15, -0.1) is 11.6 Å². The molecular weight excluding hydrogens is 262 g/mol. The third-order valence-electron chi connectivity index (χ3n) is 3.37. The summed E-state index contributed by atoms with van der Waals surface area (Å²) in [7, 11) is 0. The van der Waals surface area contributed by atoms with E-state index in [1.165, 1.54) is 29.7 Å². The Morgan fingerprint density at radius 3 is 2.72 bits per heavy atom. The van der Waals surface area contributed by atoms with Crippen molar-refractivity contribution in [1.29, 1.82) is 0 Å². The summed E-state index contributed by atoms with van der Waals surface area (Å²) in [6.45, 7) is 1.00. The van der Waals surface area contributed by atoms with E-state index in [0.29, 0.717) is 11.9 Å². The average molecular weight is 278 g/mol. The number of nitrogens with zero attached hydrogens (tertiary/aromatic N) is 1. The van der Waals surface area contributed by atoms with Gasteiger partial charge in [-0.3, -0.25) is 0 Å². The lowest BCUT2D eigenvalue weighted by Crippen LogP contribution is -2.25. The van der Waals surface area contributed by atoms with Gasteiger partial charge in [-0.05, 0) is 46.9 Å². The zero-order valence-electron chi connectivity index (χ0n) is 10.2. The quantitative estimate of drug-likeness (QED) is 0.719. The van der Waals surface area contributed by atoms with Gasteiger partial charge in [0.15, 0.2) is 0 Å². The molecule has 2 aromatic rings. The van der Waals surface area contributed by atoms with Gasteiger partial charge < -0.3 is 4.90 Å². The van der Waals surface area contributed by atoms with Crippen LogP contribution in [0.15, 0.2) is 41.1 Å². The van der Waals surface area contributed by atoms with Gasteiger partial charge in [-0.25, -0.2) is 0 Å². The number of hydrogen-bond donors (Lipinski definition) is 0. The predicted molar refractivity (Wildman–Crippen MR) is 79.5 cm³/mol. The first-order valence-electron chi connectivity index (χ1n) is 6.30. The molecule has 18 heavy (non-hydrogen) atoms. The molecule has 1 aromatic carbocycles. The molecule has 0 bridgehead atoms. The summed E-state index contributed by atoms with van der Waals surface area (Å²) < 4.78 is 0. The summed E-state index contributed by atoms with van der Waals surface area (Å²) in [6, 6.07) is 11.4. The molecule has 0 unspecified atom stereocenters. The Kier molecular flexibility index (Phi) is 3.57. The van der Waals surface area contributed by atoms with Crippen LogP contribution < -0.4 is 4.90 Å². The molecule has 0 N–H and O–H groups in total. The Morgan fingerprint density at radius 2 is 2.06 bits per heavy atom. The van der Waals surface area contributed by atoms with Crippen LogP contribution >= 0.6 is 22.9 Å². The van der Waals surface area contributed by atoms with Gasteiger partial charge >= 0.3 is 0 Å². The highest BCUT2D eigenvalue weighted by Crippen LogP contribution is 2.35. The zero-order valence-corrected chi connectivity index (χ0v) is 11.8. The second-order valence-corrected chi connectivity index (χ2v) is 5.80. The van der Waals surface area contributed by atoms with Crippen molar-refractivity contribution in [2.75, 3.05) is 4.90 Å². The number of halogens is 1. The van der Waals surface area contributed by atoms with Crippen LogP contribution in [0.3, 0.4) is 0 Å². The highest BCUT2D eigenvalue weighted by atomic mass is 35.5. The van der Waals surface area contributed by atoms with Gasteiger partial charge in [0.2, 0.25) is 0 Å². The molecule has 0 radical (unpaired) electrons. The first-order chi connectivity index (χ1) is 8.88. The lowest BCUT2D eigenvalue weighted by Gasteiger charge is -2.26. The number of benzene rings is 1. The smallest absolute Gasteiger partial charge is 0.0494 e. The molecule has 1 heterocycles. The molecule has 0 atom stereocenters. The van der Waals surface area contributed by atoms with E-state index in [-0.39, 0.29) is 0 Å². The average Bonchev–Trinajstić information content (AvgIpc) is 3.13. The van der Waals surface area contributed by atoms with Gasteiger partial charge in [-0.1, -0.05) is 18.2 Å². The van der Waals surface area contributed by atoms with Crippen LogP contribution in [-0.2, 0) is 12.4 Å². The third kappa shape index (κ3) is 2.55. The molecule has 1 saturated carbocycles. The maximum Gasteiger partial charge on any atom is 0.0494 e. The van der Waals surface area contributed by atoms with Gasteiger partial charge in [0, 0.05) is 24.2 Å². The van der Waals surface area contributed by atoms with Crippen LogP contribution in [0, 0.1) is 0 Å². The minimum Gasteiger partial charge on any atom is -0.364 e. The largest absolute Gasteiger partial charge is 0.364 e. The molecule has 0 aliphatic heterocycles. The Morgan fingerprint density at radius 1 is 1.22 bits per heavy atom. The number of thiophene rings is 1. The fourth-order valence-electron chi connectivity index (χ4n) is 2.28. The van der Waals surface area contributed by atoms with Crippen LogP contribution in [0.1, 0.15) is 24.0 Å². The summed E-state index contributed by atoms with van der Waals surface area (Å²) in [5.74, 6) is 0.586. The third-order valence-corrected chi connectivity index (χ3v) is 4.39. The minimum atomic E-state index is 0.586. The fourth-order valence-corrected chi connectivity index (χ4v) is 3.17. The Balaban J connectivity index is 1.89. The molecule has 0 saturated heterocycles. The Bertz CT molecular complexity index is 505. The minimum absolute atomic E-state index is 0.586. The zero-order chi connectivity index (χ0) is 12.4. The summed E-state index contributed by atoms with van der Waals surface area (Å²) in [6.07, 6.45) is 2.61. The van der Waals surface area contributed by atoms with Crippen LogP contribution in [0.25, 0.3) is 0 Å². The highest BCUT2D eigenvalue weighted by Gasteiger charge is 2.30. The predicted octanol–water partition coefficient (Wildman–Crippen LogP) is 4.66. The van der Waals surface area contributed by atoms with Gasteiger partial charge in [0.25, 0.3) is 0 Å². The van der Waals surface area contributed by atoms with E-state index in [1.807, 2.05) is 0 Å². The van der Waals surface area contributed by atoms with Gasteiger partial charge in [0.1, 0.15) is 0 Å². The van der Waals surface area contributed by atoms with Crippen molar-refractivity contribution in [3.8, 4) is 0 Å². The van der Waals surface area contributed by atoms with Crippen molar-refractivity contribution >= 4 is 28.6 Å². The van der Waals surface area contributed by atoms with Crippen molar-refractivity contribution in [2.45, 2.75) is 31.3 Å². The molecule has 1 aliphatic rings. The van der Waals surface area contributed by atoms with Crippen molar-refractivity contribution < 1.29 is 0 Å². The van der Waals surface area contributed by atoms with E-state index in [9.17, 15) is 0 Å². The van der Waals surface area contributed by atoms with Crippen molar-refractivity contribution in [3.05, 3.63) is 52.2 Å². The summed E-state index contributed by atoms with van der Waals surface area (Å²) in [5, 5.41) is 4.38. The van der Waals surface area contributed by atoms with Crippen molar-refractivity contribution in [3.63, 3.8) is 0 Å². The van der Waals surface area contributed by atoms with Gasteiger partial charge in [-0.2, -0.15) is 11.3 Å². The summed E-state index contributed by atoms with van der Waals surface area (Å²) in [4.78, 5) is 2.51. The summed E-state index contributed by atoms with van der Waals surface area (Å²) >= 11 is 7.82. The molecule has 3 heteroatoms. The fraction of sp³-hybridized carbons (Fsp3) is 0.333. The lowest BCUT2D eigenvalue weighted by molar-refractivity contribution is 0.792. The van der Waals surface area contributed by atoms with Crippen molar-refractivity contribution in [1.82, 2.24) is 0 Å². The molecule has 3 rings (SSSR count). The molecule has 1 nitrogen and oxygen atoms in total. The lowest BCUT2D eigenvalue weighted by atomic mass is 10.1. The van der Waals surface area contributed by atoms with Crippen LogP contribution in [0.5, 0.6) is 0 Å². The molecular formula is C15H16ClNS. The van der Waals surface area contributed by atoms with E-state index in [0.717, 1.165) is 6.54 Å². The second-order valence-electron chi connectivity index (χ2n) is 4.75. The maximum atomic E-state index is 6.06. The standard InChI is InChI=1S/C15H16ClNS/c16-9-13-3-1-2-4-15(13)17(14-5-6-14)10-12-7-8-18-11-12/h1-4,7-8,11,14H,5-6,9-10H2. The van der Waals surface area contributed by atoms with E-state index < -0.39 is 0 Å². The monoisotopic (exact) mass is 277 g/mol. The van der Waals surface area contributed by atoms with Crippen molar-refractivity contribution in [2.24, 2.45) is 0 Å². The van der Waals surface area contributed by atoms with E-state index in [1.54, 1.807) is 11.3 Å². The first-order valence-corrected chi connectivity index (χ1v) is 7.78. The van der Waals surface area contributed by atoms with E-state index >= 15 is 0 Å². The Labute approximate surface area is 117 Å². The first kappa shape index (κ1) is 12.1. The Hall–Kier alpha value is -0.990. The molecule has 0 spiro atoms. The van der Waals surface area contributed by atoms with Crippen LogP contribution in [0.2, 0.25) is 0 Å². The number of rotatable bonds is 5. The van der Waals surface area contributed by atoms with E-state index in [4.69, 9.17) is 11.6 Å². The topological polar surface area (TPSA) is 3.24 Å². The van der Waals surface area contributed by atoms with Gasteiger partial charge in [0.05, 0.1) is 0 Å². The number of para-hydroxylation sites is 1. The summed E-state index contributed by atoms with van der Waals surface area (Å²) in [5.41, 5.74) is 3.94. The number of hydrogen-bond acceptors (Lipinski definition) is 2.